The van der Waals surface area contributed by atoms with Gasteiger partial charge in [0.25, 0.3) is 0 Å². The van der Waals surface area contributed by atoms with Gasteiger partial charge in [-0.1, -0.05) is 0 Å². The quantitative estimate of drug-likeness (QED) is 0.198. The van der Waals surface area contributed by atoms with Crippen LogP contribution in [0.15, 0.2) is 0 Å². The summed E-state index contributed by atoms with van der Waals surface area (Å²) >= 11 is 1.06. The molecule has 0 aliphatic carbocycles. The average molecular weight is 109 g/mol. The Kier molecular flexibility index (Phi) is 309. The van der Waals surface area contributed by atoms with Crippen molar-refractivity contribution in [1.82, 2.24) is 0 Å². The fraction of sp³-hybridized carbons (Fsp3) is 0. The predicted octanol–water partition coefficient (Wildman–Crippen LogP) is -2.99. The zero-order valence-electron chi connectivity index (χ0n) is 3.75. The average Bonchev–Trinajstić information content (AvgIpc) is 1.50. The van der Waals surface area contributed by atoms with Gasteiger partial charge in [-0.25, -0.2) is 0 Å². The summed E-state index contributed by atoms with van der Waals surface area (Å²) in [4.78, 5) is 0. The first-order chi connectivity index (χ1) is 2.00. The zero-order chi connectivity index (χ0) is 4.00. The van der Waals surface area contributed by atoms with Gasteiger partial charge in [-0.2, -0.15) is 0 Å². The summed E-state index contributed by atoms with van der Waals surface area (Å²) in [5.41, 5.74) is 0. The number of hydrogen-bond donors (Lipinski definition) is 2. The molecule has 0 aromatic carbocycles. The van der Waals surface area contributed by atoms with Crippen LogP contribution >= 0.6 is 0 Å². The molecule has 0 aromatic rings. The molecule has 3 nitrogen and oxygen atoms in total. The van der Waals surface area contributed by atoms with E-state index in [2.05, 4.69) is 0 Å². The molecule has 5 heavy (non-hydrogen) atoms. The minimum absolute atomic E-state index is 0. The second-order valence-corrected chi connectivity index (χ2v) is 0. The van der Waals surface area contributed by atoms with Crippen LogP contribution in [0.2, 0.25) is 0 Å². The standard InChI is InChI=1S/Li.H2O2.O.V.H/c;1-2;;;/h;1-2H;;;/q+1;;;;-1. The van der Waals surface area contributed by atoms with Gasteiger partial charge in [0, 0.05) is 0 Å². The fourth-order valence-electron chi connectivity index (χ4n) is 0. The van der Waals surface area contributed by atoms with Crippen molar-refractivity contribution in [3.05, 3.63) is 0 Å². The van der Waals surface area contributed by atoms with Crippen LogP contribution in [0.4, 0.5) is 0 Å². The fourth-order valence-corrected chi connectivity index (χ4v) is 0. The molecule has 0 radical (unpaired) electrons. The van der Waals surface area contributed by atoms with Gasteiger partial charge in [0.05, 0.1) is 0 Å². The molecular weight excluding hydrogens is 106 g/mol. The SMILES string of the molecule is OO.[H-].[Li+].[O]=[V]. The molecule has 2 N–H and O–H groups in total. The van der Waals surface area contributed by atoms with Gasteiger partial charge in [-0.3, -0.25) is 10.5 Å². The third-order valence-corrected chi connectivity index (χ3v) is 0. The Bertz CT molecular complexity index is 10.8. The first-order valence-corrected chi connectivity index (χ1v) is 0.953. The van der Waals surface area contributed by atoms with Crippen LogP contribution in [0, 0.1) is 0 Å². The van der Waals surface area contributed by atoms with E-state index in [-0.39, 0.29) is 20.3 Å². The zero-order valence-corrected chi connectivity index (χ0v) is 4.15. The maximum atomic E-state index is 8.19. The number of hydrogen-bond acceptors (Lipinski definition) is 3. The molecule has 0 unspecified atom stereocenters. The Morgan fingerprint density at radius 1 is 1.40 bits per heavy atom. The van der Waals surface area contributed by atoms with Crippen molar-refractivity contribution in [2.45, 2.75) is 0 Å². The Morgan fingerprint density at radius 3 is 1.40 bits per heavy atom. The summed E-state index contributed by atoms with van der Waals surface area (Å²) in [6, 6.07) is 0. The molecule has 0 saturated heterocycles. The molecule has 0 amide bonds. The van der Waals surface area contributed by atoms with Gasteiger partial charge in [0.1, 0.15) is 0 Å². The molecule has 0 aromatic heterocycles. The van der Waals surface area contributed by atoms with Crippen molar-refractivity contribution >= 4 is 0 Å². The van der Waals surface area contributed by atoms with Crippen LogP contribution in [-0.2, 0) is 21.0 Å². The Morgan fingerprint density at radius 2 is 1.40 bits per heavy atom. The summed E-state index contributed by atoms with van der Waals surface area (Å²) in [7, 11) is 0. The van der Waals surface area contributed by atoms with Crippen molar-refractivity contribution in [2.24, 2.45) is 0 Å². The first-order valence-electron chi connectivity index (χ1n) is 0.383. The Labute approximate surface area is 52.2 Å². The van der Waals surface area contributed by atoms with Crippen LogP contribution in [0.1, 0.15) is 1.43 Å². The predicted molar refractivity (Wildman–Crippen MR) is 7.06 cm³/mol. The summed E-state index contributed by atoms with van der Waals surface area (Å²) < 4.78 is 8.19. The van der Waals surface area contributed by atoms with Crippen molar-refractivity contribution in [3.63, 3.8) is 0 Å². The second kappa shape index (κ2) is 91.8. The monoisotopic (exact) mass is 109 g/mol. The molecule has 0 saturated carbocycles. The topological polar surface area (TPSA) is 57.5 Å². The van der Waals surface area contributed by atoms with E-state index in [0.717, 1.165) is 17.4 Å². The van der Waals surface area contributed by atoms with Crippen LogP contribution in [0.3, 0.4) is 0 Å². The third kappa shape index (κ3) is 50.8. The van der Waals surface area contributed by atoms with Gasteiger partial charge in [-0.15, -0.1) is 0 Å². The van der Waals surface area contributed by atoms with E-state index in [1.807, 2.05) is 0 Å². The molecular formula is H3LiO3V. The van der Waals surface area contributed by atoms with E-state index in [1.54, 1.807) is 0 Å². The van der Waals surface area contributed by atoms with Gasteiger partial charge in [-0.05, 0) is 0 Å². The second-order valence-electron chi connectivity index (χ2n) is 0. The van der Waals surface area contributed by atoms with Crippen molar-refractivity contribution in [3.8, 4) is 0 Å². The maximum absolute atomic E-state index is 8.19. The summed E-state index contributed by atoms with van der Waals surface area (Å²) in [6.45, 7) is 0. The van der Waals surface area contributed by atoms with Gasteiger partial charge >= 0.3 is 39.9 Å². The molecule has 0 fully saturated rings. The summed E-state index contributed by atoms with van der Waals surface area (Å²) in [5, 5.41) is 12.0. The Hall–Kier alpha value is 0.902. The van der Waals surface area contributed by atoms with Gasteiger partial charge in [0.2, 0.25) is 0 Å². The summed E-state index contributed by atoms with van der Waals surface area (Å²) in [5.74, 6) is 0. The van der Waals surface area contributed by atoms with Crippen molar-refractivity contribution in [2.75, 3.05) is 0 Å². The van der Waals surface area contributed by atoms with E-state index in [1.165, 1.54) is 0 Å². The van der Waals surface area contributed by atoms with Crippen LogP contribution < -0.4 is 18.9 Å². The van der Waals surface area contributed by atoms with E-state index < -0.39 is 0 Å². The normalized spacial score (nSPS) is 1.80. The van der Waals surface area contributed by atoms with Gasteiger partial charge < -0.3 is 1.43 Å². The molecule has 0 aliphatic heterocycles. The van der Waals surface area contributed by atoms with Crippen LogP contribution in [0.25, 0.3) is 0 Å². The molecule has 0 bridgehead atoms. The minimum atomic E-state index is 0. The molecule has 0 atom stereocenters. The molecule has 0 aliphatic rings. The summed E-state index contributed by atoms with van der Waals surface area (Å²) in [6.07, 6.45) is 0. The molecule has 5 heteroatoms. The van der Waals surface area contributed by atoms with Crippen LogP contribution in [0.5, 0.6) is 0 Å². The van der Waals surface area contributed by atoms with Crippen LogP contribution in [-0.4, -0.2) is 10.5 Å². The third-order valence-electron chi connectivity index (χ3n) is 0. The van der Waals surface area contributed by atoms with Crippen molar-refractivity contribution in [1.29, 1.82) is 0 Å². The molecule has 0 rings (SSSR count). The van der Waals surface area contributed by atoms with E-state index in [0.29, 0.717) is 0 Å². The van der Waals surface area contributed by atoms with E-state index in [4.69, 9.17) is 14.2 Å². The van der Waals surface area contributed by atoms with Gasteiger partial charge in [0.15, 0.2) is 0 Å². The Balaban J connectivity index is -0.00000000500. The number of rotatable bonds is 0. The van der Waals surface area contributed by atoms with E-state index in [9.17, 15) is 0 Å². The van der Waals surface area contributed by atoms with Crippen molar-refractivity contribution < 1.29 is 51.8 Å². The molecule has 27 valence electrons. The first kappa shape index (κ1) is 16.8. The van der Waals surface area contributed by atoms with E-state index >= 15 is 0 Å². The molecule has 0 heterocycles. The molecule has 0 spiro atoms.